The van der Waals surface area contributed by atoms with Gasteiger partial charge in [0.15, 0.2) is 0 Å². The number of thiophene rings is 1. The summed E-state index contributed by atoms with van der Waals surface area (Å²) in [7, 11) is -3.68. The molecule has 7 heteroatoms. The van der Waals surface area contributed by atoms with Crippen molar-refractivity contribution in [2.45, 2.75) is 49.3 Å². The van der Waals surface area contributed by atoms with E-state index in [0.29, 0.717) is 6.54 Å². The van der Waals surface area contributed by atoms with Gasteiger partial charge in [-0.15, -0.1) is 11.3 Å². The van der Waals surface area contributed by atoms with Crippen molar-refractivity contribution in [2.75, 3.05) is 13.1 Å². The fraction of sp³-hybridized carbons (Fsp3) is 0.450. The van der Waals surface area contributed by atoms with Gasteiger partial charge in [0.1, 0.15) is 0 Å². The number of rotatable bonds is 8. The Morgan fingerprint density at radius 1 is 1.15 bits per heavy atom. The molecule has 0 aliphatic heterocycles. The van der Waals surface area contributed by atoms with Crippen LogP contribution in [-0.4, -0.2) is 27.4 Å². The smallest absolute Gasteiger partial charge is 0.241 e. The van der Waals surface area contributed by atoms with Crippen LogP contribution in [0, 0.1) is 0 Å². The van der Waals surface area contributed by atoms with Gasteiger partial charge in [0.05, 0.1) is 11.4 Å². The second-order valence-corrected chi connectivity index (χ2v) is 9.78. The maximum Gasteiger partial charge on any atom is 0.241 e. The average molecular weight is 407 g/mol. The molecule has 1 heterocycles. The molecule has 5 nitrogen and oxygen atoms in total. The second kappa shape index (κ2) is 8.54. The third-order valence-corrected chi connectivity index (χ3v) is 7.83. The first-order valence-electron chi connectivity index (χ1n) is 9.34. The number of aryl methyl sites for hydroxylation is 1. The highest BCUT2D eigenvalue weighted by molar-refractivity contribution is 7.89. The Morgan fingerprint density at radius 3 is 2.44 bits per heavy atom. The normalized spacial score (nSPS) is 16.3. The summed E-state index contributed by atoms with van der Waals surface area (Å²) >= 11 is 1.73. The summed E-state index contributed by atoms with van der Waals surface area (Å²) in [5, 5.41) is 5.00. The summed E-state index contributed by atoms with van der Waals surface area (Å²) in [6.07, 6.45) is 5.29. The number of carbonyl (C=O) groups excluding carboxylic acids is 1. The average Bonchev–Trinajstić information content (AvgIpc) is 3.37. The zero-order chi connectivity index (χ0) is 19.3. The molecule has 0 radical (unpaired) electrons. The van der Waals surface area contributed by atoms with E-state index in [4.69, 9.17) is 0 Å². The first-order valence-corrected chi connectivity index (χ1v) is 11.7. The van der Waals surface area contributed by atoms with Gasteiger partial charge in [0, 0.05) is 16.8 Å². The van der Waals surface area contributed by atoms with Crippen molar-refractivity contribution >= 4 is 27.3 Å². The number of sulfonamides is 1. The number of hydrogen-bond acceptors (Lipinski definition) is 4. The van der Waals surface area contributed by atoms with E-state index in [1.165, 1.54) is 4.88 Å². The highest BCUT2D eigenvalue weighted by Gasteiger charge is 2.36. The molecule has 1 aliphatic rings. The van der Waals surface area contributed by atoms with Crippen LogP contribution in [0.1, 0.15) is 43.0 Å². The van der Waals surface area contributed by atoms with Crippen LogP contribution in [0.4, 0.5) is 0 Å². The van der Waals surface area contributed by atoms with Crippen LogP contribution in [-0.2, 0) is 26.7 Å². The van der Waals surface area contributed by atoms with Crippen molar-refractivity contribution in [3.8, 4) is 0 Å². The van der Waals surface area contributed by atoms with Crippen LogP contribution in [0.2, 0.25) is 0 Å². The van der Waals surface area contributed by atoms with Crippen molar-refractivity contribution in [2.24, 2.45) is 0 Å². The Balaban J connectivity index is 1.56. The van der Waals surface area contributed by atoms with Crippen LogP contribution in [0.3, 0.4) is 0 Å². The minimum absolute atomic E-state index is 0.00130. The molecular formula is C20H26N2O3S2. The van der Waals surface area contributed by atoms with E-state index >= 15 is 0 Å². The molecule has 1 aromatic carbocycles. The molecule has 1 amide bonds. The summed E-state index contributed by atoms with van der Waals surface area (Å²) in [5.74, 6) is -0.299. The summed E-state index contributed by atoms with van der Waals surface area (Å²) in [4.78, 5) is 13.7. The SMILES string of the molecule is CCc1ccc(S(=O)(=O)NCC(=O)NCC2(c3cccs3)CCCC2)cc1. The number of hydrogen-bond donors (Lipinski definition) is 2. The molecule has 0 spiro atoms. The minimum Gasteiger partial charge on any atom is -0.354 e. The predicted molar refractivity (Wildman–Crippen MR) is 108 cm³/mol. The molecule has 146 valence electrons. The summed E-state index contributed by atoms with van der Waals surface area (Å²) in [5.41, 5.74) is 1.07. The van der Waals surface area contributed by atoms with E-state index in [2.05, 4.69) is 21.5 Å². The monoisotopic (exact) mass is 406 g/mol. The molecule has 2 aromatic rings. The molecular weight excluding hydrogens is 380 g/mol. The van der Waals surface area contributed by atoms with Gasteiger partial charge in [-0.25, -0.2) is 13.1 Å². The Bertz CT molecular complexity index is 853. The van der Waals surface area contributed by atoms with Crippen molar-refractivity contribution in [3.05, 3.63) is 52.2 Å². The van der Waals surface area contributed by atoms with Crippen molar-refractivity contribution in [3.63, 3.8) is 0 Å². The van der Waals surface area contributed by atoms with Crippen molar-refractivity contribution in [1.82, 2.24) is 10.0 Å². The molecule has 3 rings (SSSR count). The van der Waals surface area contributed by atoms with E-state index in [1.807, 2.05) is 13.0 Å². The van der Waals surface area contributed by atoms with Gasteiger partial charge in [-0.3, -0.25) is 4.79 Å². The summed E-state index contributed by atoms with van der Waals surface area (Å²) in [6, 6.07) is 10.9. The standard InChI is InChI=1S/C20H26N2O3S2/c1-2-16-7-9-17(10-8-16)27(24,25)22-14-19(23)21-15-20(11-3-4-12-20)18-6-5-13-26-18/h5-10,13,22H,2-4,11-12,14-15H2,1H3,(H,21,23). The molecule has 0 saturated heterocycles. The van der Waals surface area contributed by atoms with Gasteiger partial charge in [-0.1, -0.05) is 38.0 Å². The Kier molecular flexibility index (Phi) is 6.34. The van der Waals surface area contributed by atoms with Crippen LogP contribution in [0.5, 0.6) is 0 Å². The van der Waals surface area contributed by atoms with Crippen molar-refractivity contribution < 1.29 is 13.2 Å². The lowest BCUT2D eigenvalue weighted by Gasteiger charge is -2.28. The lowest BCUT2D eigenvalue weighted by atomic mass is 9.84. The van der Waals surface area contributed by atoms with Gasteiger partial charge >= 0.3 is 0 Å². The molecule has 1 saturated carbocycles. The topological polar surface area (TPSA) is 75.3 Å². The summed E-state index contributed by atoms with van der Waals surface area (Å²) < 4.78 is 27.1. The van der Waals surface area contributed by atoms with Gasteiger partial charge < -0.3 is 5.32 Å². The van der Waals surface area contributed by atoms with Crippen LogP contribution in [0.15, 0.2) is 46.7 Å². The second-order valence-electron chi connectivity index (χ2n) is 7.06. The first-order chi connectivity index (χ1) is 13.0. The van der Waals surface area contributed by atoms with Crippen LogP contribution >= 0.6 is 11.3 Å². The molecule has 1 aromatic heterocycles. The third kappa shape index (κ3) is 4.78. The zero-order valence-corrected chi connectivity index (χ0v) is 17.2. The van der Waals surface area contributed by atoms with Crippen LogP contribution < -0.4 is 10.0 Å². The van der Waals surface area contributed by atoms with E-state index < -0.39 is 10.0 Å². The van der Waals surface area contributed by atoms with E-state index in [9.17, 15) is 13.2 Å². The molecule has 2 N–H and O–H groups in total. The molecule has 1 fully saturated rings. The Morgan fingerprint density at radius 2 is 1.85 bits per heavy atom. The summed E-state index contributed by atoms with van der Waals surface area (Å²) in [6.45, 7) is 2.32. The van der Waals surface area contributed by atoms with E-state index in [0.717, 1.165) is 37.7 Å². The van der Waals surface area contributed by atoms with E-state index in [-0.39, 0.29) is 22.8 Å². The maximum absolute atomic E-state index is 12.4. The van der Waals surface area contributed by atoms with E-state index in [1.54, 1.807) is 35.6 Å². The maximum atomic E-state index is 12.4. The third-order valence-electron chi connectivity index (χ3n) is 5.29. The highest BCUT2D eigenvalue weighted by atomic mass is 32.2. The Hall–Kier alpha value is -1.70. The zero-order valence-electron chi connectivity index (χ0n) is 15.5. The molecule has 1 aliphatic carbocycles. The largest absolute Gasteiger partial charge is 0.354 e. The minimum atomic E-state index is -3.68. The molecule has 27 heavy (non-hydrogen) atoms. The first kappa shape index (κ1) is 20.0. The number of amides is 1. The van der Waals surface area contributed by atoms with Crippen LogP contribution in [0.25, 0.3) is 0 Å². The fourth-order valence-electron chi connectivity index (χ4n) is 3.62. The molecule has 0 bridgehead atoms. The Labute approximate surface area is 165 Å². The number of carbonyl (C=O) groups is 1. The quantitative estimate of drug-likeness (QED) is 0.707. The highest BCUT2D eigenvalue weighted by Crippen LogP contribution is 2.42. The van der Waals surface area contributed by atoms with Gasteiger partial charge in [0.2, 0.25) is 15.9 Å². The fourth-order valence-corrected chi connectivity index (χ4v) is 5.59. The number of nitrogens with one attached hydrogen (secondary N) is 2. The molecule has 0 atom stereocenters. The lowest BCUT2D eigenvalue weighted by molar-refractivity contribution is -0.120. The van der Waals surface area contributed by atoms with Crippen molar-refractivity contribution in [1.29, 1.82) is 0 Å². The lowest BCUT2D eigenvalue weighted by Crippen LogP contribution is -2.43. The predicted octanol–water partition coefficient (Wildman–Crippen LogP) is 3.22. The van der Waals surface area contributed by atoms with Gasteiger partial charge in [0.25, 0.3) is 0 Å². The number of benzene rings is 1. The van der Waals surface area contributed by atoms with Gasteiger partial charge in [-0.05, 0) is 48.4 Å². The van der Waals surface area contributed by atoms with Gasteiger partial charge in [-0.2, -0.15) is 0 Å². The molecule has 0 unspecified atom stereocenters.